The Morgan fingerprint density at radius 3 is 2.78 bits per heavy atom. The first-order valence-electron chi connectivity index (χ1n) is 4.99. The van der Waals surface area contributed by atoms with Crippen molar-refractivity contribution in [3.05, 3.63) is 55.1 Å². The van der Waals surface area contributed by atoms with Gasteiger partial charge < -0.3 is 0 Å². The van der Waals surface area contributed by atoms with Gasteiger partial charge in [-0.1, -0.05) is 12.1 Å². The molecule has 0 aliphatic rings. The molecule has 0 saturated carbocycles. The van der Waals surface area contributed by atoms with Gasteiger partial charge in [0.25, 0.3) is 5.91 Å². The number of nitrogens with one attached hydrogen (secondary N) is 1. The summed E-state index contributed by atoms with van der Waals surface area (Å²) in [6.07, 6.45) is 1.62. The largest absolute Gasteiger partial charge is 0.272 e. The lowest BCUT2D eigenvalue weighted by Crippen LogP contribution is -2.17. The Balaban J connectivity index is 2.01. The number of benzene rings is 1. The normalized spacial score (nSPS) is 10.8. The summed E-state index contributed by atoms with van der Waals surface area (Å²) in [5.41, 5.74) is 3.05. The zero-order valence-corrected chi connectivity index (χ0v) is 13.0. The molecule has 0 radical (unpaired) electrons. The van der Waals surface area contributed by atoms with Crippen LogP contribution in [-0.2, 0) is 0 Å². The maximum Gasteiger partial charge on any atom is 0.272 e. The van der Waals surface area contributed by atoms with Crippen LogP contribution in [0.2, 0.25) is 0 Å². The lowest BCUT2D eigenvalue weighted by molar-refractivity contribution is 0.0954. The third-order valence-corrected chi connectivity index (χ3v) is 4.38. The van der Waals surface area contributed by atoms with Gasteiger partial charge in [-0.05, 0) is 50.1 Å². The van der Waals surface area contributed by atoms with Gasteiger partial charge in [0.2, 0.25) is 0 Å². The zero-order valence-electron chi connectivity index (χ0n) is 9.06. The Morgan fingerprint density at radius 2 is 2.11 bits per heavy atom. The van der Waals surface area contributed by atoms with Crippen molar-refractivity contribution in [2.75, 3.05) is 0 Å². The van der Waals surface area contributed by atoms with E-state index in [-0.39, 0.29) is 5.91 Å². The molecule has 1 aromatic carbocycles. The van der Waals surface area contributed by atoms with E-state index in [9.17, 15) is 4.79 Å². The molecule has 0 aliphatic carbocycles. The molecular weight excluding hydrogens is 380 g/mol. The highest BCUT2D eigenvalue weighted by atomic mass is 79.9. The lowest BCUT2D eigenvalue weighted by atomic mass is 10.2. The van der Waals surface area contributed by atoms with Gasteiger partial charge >= 0.3 is 0 Å². The summed E-state index contributed by atoms with van der Waals surface area (Å²) in [6, 6.07) is 9.14. The van der Waals surface area contributed by atoms with Crippen LogP contribution < -0.4 is 5.43 Å². The molecular formula is C12H8Br2N2OS. The minimum absolute atomic E-state index is 0.241. The topological polar surface area (TPSA) is 41.5 Å². The summed E-state index contributed by atoms with van der Waals surface area (Å²) in [5, 5.41) is 5.87. The molecule has 1 N–H and O–H groups in total. The fourth-order valence-corrected chi connectivity index (χ4v) is 3.02. The number of carbonyl (C=O) groups excluding carboxylic acids is 1. The van der Waals surface area contributed by atoms with E-state index in [4.69, 9.17) is 0 Å². The number of carbonyl (C=O) groups is 1. The van der Waals surface area contributed by atoms with Gasteiger partial charge in [-0.3, -0.25) is 4.79 Å². The van der Waals surface area contributed by atoms with E-state index in [0.29, 0.717) is 5.56 Å². The van der Waals surface area contributed by atoms with Crippen molar-refractivity contribution in [3.8, 4) is 0 Å². The van der Waals surface area contributed by atoms with Crippen molar-refractivity contribution < 1.29 is 4.79 Å². The number of hydrazone groups is 1. The molecule has 1 heterocycles. The van der Waals surface area contributed by atoms with E-state index in [2.05, 4.69) is 42.4 Å². The van der Waals surface area contributed by atoms with Crippen LogP contribution in [0.3, 0.4) is 0 Å². The highest BCUT2D eigenvalue weighted by Gasteiger charge is 2.07. The number of rotatable bonds is 3. The number of hydrogen-bond donors (Lipinski definition) is 1. The van der Waals surface area contributed by atoms with Gasteiger partial charge in [-0.2, -0.15) is 5.10 Å². The number of nitrogens with zero attached hydrogens (tertiary/aromatic N) is 1. The summed E-state index contributed by atoms with van der Waals surface area (Å²) in [6.45, 7) is 0. The van der Waals surface area contributed by atoms with Crippen LogP contribution in [0.5, 0.6) is 0 Å². The number of hydrogen-bond acceptors (Lipinski definition) is 3. The second-order valence-corrected chi connectivity index (χ2v) is 6.06. The Kier molecular flexibility index (Phi) is 4.68. The van der Waals surface area contributed by atoms with Crippen LogP contribution >= 0.6 is 43.2 Å². The van der Waals surface area contributed by atoms with Gasteiger partial charge in [0.15, 0.2) is 0 Å². The van der Waals surface area contributed by atoms with Crippen molar-refractivity contribution in [1.29, 1.82) is 0 Å². The van der Waals surface area contributed by atoms with E-state index in [1.807, 2.05) is 23.6 Å². The second kappa shape index (κ2) is 6.26. The summed E-state index contributed by atoms with van der Waals surface area (Å²) >= 11 is 8.22. The van der Waals surface area contributed by atoms with Crippen LogP contribution in [0.15, 0.2) is 49.8 Å². The van der Waals surface area contributed by atoms with E-state index < -0.39 is 0 Å². The van der Waals surface area contributed by atoms with Gasteiger partial charge in [0.05, 0.1) is 11.8 Å². The molecule has 92 valence electrons. The highest BCUT2D eigenvalue weighted by molar-refractivity contribution is 9.10. The number of halogens is 2. The van der Waals surface area contributed by atoms with Gasteiger partial charge in [-0.25, -0.2) is 5.43 Å². The maximum atomic E-state index is 11.8. The van der Waals surface area contributed by atoms with Crippen molar-refractivity contribution >= 4 is 55.3 Å². The third kappa shape index (κ3) is 3.51. The van der Waals surface area contributed by atoms with Crippen molar-refractivity contribution in [2.45, 2.75) is 0 Å². The molecule has 0 atom stereocenters. The van der Waals surface area contributed by atoms with E-state index in [0.717, 1.165) is 13.8 Å². The second-order valence-electron chi connectivity index (χ2n) is 3.35. The SMILES string of the molecule is O=C(N/N=C/c1cc(Br)cs1)c1ccccc1Br. The Morgan fingerprint density at radius 1 is 1.33 bits per heavy atom. The van der Waals surface area contributed by atoms with Gasteiger partial charge in [-0.15, -0.1) is 11.3 Å². The molecule has 0 unspecified atom stereocenters. The first-order valence-corrected chi connectivity index (χ1v) is 7.45. The van der Waals surface area contributed by atoms with E-state index in [1.165, 1.54) is 0 Å². The first kappa shape index (κ1) is 13.5. The summed E-state index contributed by atoms with van der Waals surface area (Å²) in [4.78, 5) is 12.8. The average molecular weight is 388 g/mol. The van der Waals surface area contributed by atoms with Crippen molar-refractivity contribution in [2.24, 2.45) is 5.10 Å². The molecule has 1 aromatic heterocycles. The van der Waals surface area contributed by atoms with Crippen LogP contribution in [0.4, 0.5) is 0 Å². The van der Waals surface area contributed by atoms with Crippen LogP contribution in [-0.4, -0.2) is 12.1 Å². The van der Waals surface area contributed by atoms with Gasteiger partial charge in [0.1, 0.15) is 0 Å². The van der Waals surface area contributed by atoms with Crippen molar-refractivity contribution in [1.82, 2.24) is 5.43 Å². The van der Waals surface area contributed by atoms with Crippen LogP contribution in [0, 0.1) is 0 Å². The third-order valence-electron chi connectivity index (χ3n) is 2.06. The minimum Gasteiger partial charge on any atom is -0.267 e. The Labute approximate surface area is 125 Å². The molecule has 0 bridgehead atoms. The predicted molar refractivity (Wildman–Crippen MR) is 81.2 cm³/mol. The molecule has 0 saturated heterocycles. The fourth-order valence-electron chi connectivity index (χ4n) is 1.26. The van der Waals surface area contributed by atoms with E-state index >= 15 is 0 Å². The monoisotopic (exact) mass is 386 g/mol. The molecule has 3 nitrogen and oxygen atoms in total. The molecule has 2 aromatic rings. The summed E-state index contributed by atoms with van der Waals surface area (Å²) in [7, 11) is 0. The number of thiophene rings is 1. The van der Waals surface area contributed by atoms with Gasteiger partial charge in [0, 0.05) is 19.2 Å². The smallest absolute Gasteiger partial charge is 0.267 e. The first-order chi connectivity index (χ1) is 8.66. The molecule has 2 rings (SSSR count). The fraction of sp³-hybridized carbons (Fsp3) is 0. The Bertz CT molecular complexity index is 595. The number of amides is 1. The average Bonchev–Trinajstić information content (AvgIpc) is 2.75. The Hall–Kier alpha value is -0.980. The molecule has 0 aliphatic heterocycles. The summed E-state index contributed by atoms with van der Waals surface area (Å²) < 4.78 is 1.75. The molecule has 18 heavy (non-hydrogen) atoms. The molecule has 6 heteroatoms. The van der Waals surface area contributed by atoms with E-state index in [1.54, 1.807) is 29.7 Å². The van der Waals surface area contributed by atoms with Crippen LogP contribution in [0.25, 0.3) is 0 Å². The molecule has 1 amide bonds. The molecule has 0 spiro atoms. The highest BCUT2D eigenvalue weighted by Crippen LogP contribution is 2.18. The predicted octanol–water partition coefficient (Wildman–Crippen LogP) is 4.04. The lowest BCUT2D eigenvalue weighted by Gasteiger charge is -2.01. The quantitative estimate of drug-likeness (QED) is 0.626. The minimum atomic E-state index is -0.241. The maximum absolute atomic E-state index is 11.8. The van der Waals surface area contributed by atoms with Crippen LogP contribution in [0.1, 0.15) is 15.2 Å². The summed E-state index contributed by atoms with van der Waals surface area (Å²) in [5.74, 6) is -0.241. The van der Waals surface area contributed by atoms with Crippen molar-refractivity contribution in [3.63, 3.8) is 0 Å². The molecule has 0 fully saturated rings. The zero-order chi connectivity index (χ0) is 13.0. The standard InChI is InChI=1S/C12H8Br2N2OS/c13-8-5-9(18-7-8)6-15-16-12(17)10-3-1-2-4-11(10)14/h1-7H,(H,16,17)/b15-6+.